The number of aliphatic hydroxyl groups excluding tert-OH is 1. The molecule has 1 aromatic rings. The largest absolute Gasteiger partial charge is 0.378 e. The fourth-order valence-electron chi connectivity index (χ4n) is 2.76. The molecule has 17 heavy (non-hydrogen) atoms. The number of benzene rings is 1. The molecule has 1 aromatic carbocycles. The minimum atomic E-state index is -0.971. The number of carbonyl (C=O) groups is 1. The van der Waals surface area contributed by atoms with Crippen molar-refractivity contribution in [2.24, 2.45) is 0 Å². The Hall–Kier alpha value is -1.39. The van der Waals surface area contributed by atoms with Crippen LogP contribution >= 0.6 is 0 Å². The van der Waals surface area contributed by atoms with Crippen molar-refractivity contribution in [1.82, 2.24) is 5.32 Å². The summed E-state index contributed by atoms with van der Waals surface area (Å²) >= 11 is 0. The number of hydrogen-bond donors (Lipinski definition) is 2. The molecule has 2 heterocycles. The van der Waals surface area contributed by atoms with Crippen LogP contribution < -0.4 is 10.2 Å². The number of rotatable bonds is 1. The highest BCUT2D eigenvalue weighted by Crippen LogP contribution is 2.38. The molecule has 0 saturated carbocycles. The number of para-hydroxylation sites is 1. The van der Waals surface area contributed by atoms with Gasteiger partial charge in [-0.05, 0) is 32.0 Å². The average molecular weight is 232 g/mol. The Balaban J connectivity index is 1.97. The summed E-state index contributed by atoms with van der Waals surface area (Å²) in [5.74, 6) is -0.168. The van der Waals surface area contributed by atoms with E-state index in [-0.39, 0.29) is 11.9 Å². The minimum Gasteiger partial charge on any atom is -0.378 e. The van der Waals surface area contributed by atoms with E-state index in [2.05, 4.69) is 5.32 Å². The van der Waals surface area contributed by atoms with Crippen molar-refractivity contribution < 1.29 is 9.90 Å². The van der Waals surface area contributed by atoms with Crippen LogP contribution in [0.5, 0.6) is 0 Å². The SMILES string of the molecule is O=C1C(O)c2ccccc2N1C1CCNCC1. The zero-order valence-electron chi connectivity index (χ0n) is 9.60. The first-order valence-electron chi connectivity index (χ1n) is 6.10. The van der Waals surface area contributed by atoms with Crippen molar-refractivity contribution in [1.29, 1.82) is 0 Å². The first kappa shape index (κ1) is 10.7. The monoisotopic (exact) mass is 232 g/mol. The van der Waals surface area contributed by atoms with Crippen molar-refractivity contribution >= 4 is 11.6 Å². The van der Waals surface area contributed by atoms with Crippen LogP contribution in [-0.2, 0) is 4.79 Å². The molecule has 1 fully saturated rings. The highest BCUT2D eigenvalue weighted by molar-refractivity contribution is 6.04. The second kappa shape index (κ2) is 4.13. The Morgan fingerprint density at radius 1 is 1.24 bits per heavy atom. The summed E-state index contributed by atoms with van der Waals surface area (Å²) in [6.45, 7) is 1.87. The van der Waals surface area contributed by atoms with Gasteiger partial charge in [-0.25, -0.2) is 0 Å². The molecular weight excluding hydrogens is 216 g/mol. The maximum absolute atomic E-state index is 12.1. The van der Waals surface area contributed by atoms with Crippen LogP contribution in [0.1, 0.15) is 24.5 Å². The van der Waals surface area contributed by atoms with E-state index in [0.29, 0.717) is 0 Å². The molecule has 0 radical (unpaired) electrons. The molecule has 4 nitrogen and oxygen atoms in total. The van der Waals surface area contributed by atoms with Gasteiger partial charge in [-0.3, -0.25) is 4.79 Å². The van der Waals surface area contributed by atoms with E-state index in [4.69, 9.17) is 0 Å². The van der Waals surface area contributed by atoms with Gasteiger partial charge in [0.25, 0.3) is 5.91 Å². The summed E-state index contributed by atoms with van der Waals surface area (Å²) < 4.78 is 0. The quantitative estimate of drug-likeness (QED) is 0.753. The lowest BCUT2D eigenvalue weighted by Crippen LogP contribution is -2.45. The van der Waals surface area contributed by atoms with E-state index in [0.717, 1.165) is 37.2 Å². The number of aliphatic hydroxyl groups is 1. The molecule has 4 heteroatoms. The lowest BCUT2D eigenvalue weighted by molar-refractivity contribution is -0.126. The summed E-state index contributed by atoms with van der Waals surface area (Å²) in [6, 6.07) is 7.76. The maximum Gasteiger partial charge on any atom is 0.260 e. The molecular formula is C13H16N2O2. The van der Waals surface area contributed by atoms with Crippen LogP contribution in [0.15, 0.2) is 24.3 Å². The molecule has 0 bridgehead atoms. The zero-order valence-corrected chi connectivity index (χ0v) is 9.60. The number of hydrogen-bond acceptors (Lipinski definition) is 3. The van der Waals surface area contributed by atoms with E-state index >= 15 is 0 Å². The smallest absolute Gasteiger partial charge is 0.260 e. The van der Waals surface area contributed by atoms with Gasteiger partial charge < -0.3 is 15.3 Å². The van der Waals surface area contributed by atoms with E-state index in [1.54, 1.807) is 4.90 Å². The predicted molar refractivity (Wildman–Crippen MR) is 64.8 cm³/mol. The topological polar surface area (TPSA) is 52.6 Å². The molecule has 0 aromatic heterocycles. The third-order valence-electron chi connectivity index (χ3n) is 3.64. The van der Waals surface area contributed by atoms with Crippen molar-refractivity contribution in [3.8, 4) is 0 Å². The van der Waals surface area contributed by atoms with Crippen LogP contribution in [0.25, 0.3) is 0 Å². The van der Waals surface area contributed by atoms with Gasteiger partial charge in [0.1, 0.15) is 0 Å². The number of amides is 1. The standard InChI is InChI=1S/C13H16N2O2/c16-12-10-3-1-2-4-11(10)15(13(12)17)9-5-7-14-8-6-9/h1-4,9,12,14,16H,5-8H2. The molecule has 1 amide bonds. The van der Waals surface area contributed by atoms with Gasteiger partial charge >= 0.3 is 0 Å². The number of fused-ring (bicyclic) bond motifs is 1. The Labute approximate surface area is 100 Å². The number of piperidine rings is 1. The first-order valence-corrected chi connectivity index (χ1v) is 6.10. The van der Waals surface area contributed by atoms with Gasteiger partial charge in [-0.15, -0.1) is 0 Å². The molecule has 2 aliphatic rings. The lowest BCUT2D eigenvalue weighted by Gasteiger charge is -2.32. The Morgan fingerprint density at radius 3 is 2.71 bits per heavy atom. The van der Waals surface area contributed by atoms with E-state index in [9.17, 15) is 9.90 Å². The highest BCUT2D eigenvalue weighted by Gasteiger charge is 2.39. The second-order valence-corrected chi connectivity index (χ2v) is 4.65. The zero-order chi connectivity index (χ0) is 11.8. The van der Waals surface area contributed by atoms with Crippen LogP contribution in [0.4, 0.5) is 5.69 Å². The molecule has 90 valence electrons. The number of anilines is 1. The normalized spacial score (nSPS) is 25.1. The summed E-state index contributed by atoms with van der Waals surface area (Å²) in [5.41, 5.74) is 1.63. The van der Waals surface area contributed by atoms with Gasteiger partial charge in [0.2, 0.25) is 0 Å². The average Bonchev–Trinajstić information content (AvgIpc) is 2.64. The molecule has 3 rings (SSSR count). The van der Waals surface area contributed by atoms with Gasteiger partial charge in [0, 0.05) is 11.6 Å². The highest BCUT2D eigenvalue weighted by atomic mass is 16.3. The van der Waals surface area contributed by atoms with Gasteiger partial charge in [-0.1, -0.05) is 18.2 Å². The van der Waals surface area contributed by atoms with Crippen LogP contribution in [-0.4, -0.2) is 30.1 Å². The third-order valence-corrected chi connectivity index (χ3v) is 3.64. The summed E-state index contributed by atoms with van der Waals surface area (Å²) in [7, 11) is 0. The lowest BCUT2D eigenvalue weighted by atomic mass is 10.0. The second-order valence-electron chi connectivity index (χ2n) is 4.65. The van der Waals surface area contributed by atoms with Gasteiger partial charge in [-0.2, -0.15) is 0 Å². The first-order chi connectivity index (χ1) is 8.29. The molecule has 1 atom stereocenters. The van der Waals surface area contributed by atoms with Crippen molar-refractivity contribution in [2.45, 2.75) is 25.0 Å². The number of nitrogens with one attached hydrogen (secondary N) is 1. The van der Waals surface area contributed by atoms with Crippen molar-refractivity contribution in [3.63, 3.8) is 0 Å². The minimum absolute atomic E-state index is 0.168. The van der Waals surface area contributed by atoms with Gasteiger partial charge in [0.15, 0.2) is 6.10 Å². The fourth-order valence-corrected chi connectivity index (χ4v) is 2.76. The van der Waals surface area contributed by atoms with Crippen molar-refractivity contribution in [2.75, 3.05) is 18.0 Å². The molecule has 1 saturated heterocycles. The van der Waals surface area contributed by atoms with E-state index in [1.807, 2.05) is 24.3 Å². The number of nitrogens with zero attached hydrogens (tertiary/aromatic N) is 1. The van der Waals surface area contributed by atoms with Gasteiger partial charge in [0.05, 0.1) is 5.69 Å². The molecule has 1 unspecified atom stereocenters. The van der Waals surface area contributed by atoms with E-state index in [1.165, 1.54) is 0 Å². The molecule has 2 N–H and O–H groups in total. The fraction of sp³-hybridized carbons (Fsp3) is 0.462. The third kappa shape index (κ3) is 1.64. The van der Waals surface area contributed by atoms with E-state index < -0.39 is 6.10 Å². The summed E-state index contributed by atoms with van der Waals surface area (Å²) in [5, 5.41) is 13.2. The molecule has 0 aliphatic carbocycles. The van der Waals surface area contributed by atoms with Crippen LogP contribution in [0, 0.1) is 0 Å². The van der Waals surface area contributed by atoms with Crippen molar-refractivity contribution in [3.05, 3.63) is 29.8 Å². The molecule has 2 aliphatic heterocycles. The Bertz CT molecular complexity index is 441. The van der Waals surface area contributed by atoms with Crippen LogP contribution in [0.3, 0.4) is 0 Å². The Kier molecular flexibility index (Phi) is 2.61. The summed E-state index contributed by atoms with van der Waals surface area (Å²) in [4.78, 5) is 13.9. The summed E-state index contributed by atoms with van der Waals surface area (Å²) in [6.07, 6.45) is 0.931. The Morgan fingerprint density at radius 2 is 1.94 bits per heavy atom. The maximum atomic E-state index is 12.1. The van der Waals surface area contributed by atoms with Crippen LogP contribution in [0.2, 0.25) is 0 Å². The predicted octanol–water partition coefficient (Wildman–Crippen LogP) is 0.819. The number of carbonyl (C=O) groups excluding carboxylic acids is 1. The molecule has 0 spiro atoms.